The van der Waals surface area contributed by atoms with Crippen LogP contribution in [0, 0.1) is 12.7 Å². The molecule has 0 aliphatic carbocycles. The third-order valence-electron chi connectivity index (χ3n) is 4.14. The second-order valence-electron chi connectivity index (χ2n) is 5.60. The first kappa shape index (κ1) is 16.3. The normalized spacial score (nSPS) is 14.0. The number of amides is 1. The van der Waals surface area contributed by atoms with E-state index in [0.29, 0.717) is 30.2 Å². The number of carbonyl (C=O) groups is 1. The number of benzene rings is 1. The fraction of sp³-hybridized carbons (Fsp3) is 0.375. The first-order chi connectivity index (χ1) is 11.0. The molecule has 0 unspecified atom stereocenters. The van der Waals surface area contributed by atoms with Crippen LogP contribution in [-0.2, 0) is 24.3 Å². The van der Waals surface area contributed by atoms with Crippen molar-refractivity contribution in [1.29, 1.82) is 0 Å². The van der Waals surface area contributed by atoms with Crippen molar-refractivity contribution in [3.63, 3.8) is 0 Å². The van der Waals surface area contributed by atoms with Gasteiger partial charge in [-0.1, -0.05) is 17.7 Å². The van der Waals surface area contributed by atoms with Crippen LogP contribution in [-0.4, -0.2) is 33.0 Å². The molecule has 4 nitrogen and oxygen atoms in total. The average molecular weight is 356 g/mol. The molecule has 1 aliphatic heterocycles. The minimum Gasteiger partial charge on any atom is -0.335 e. The number of aryl methyl sites for hydroxylation is 1. The Morgan fingerprint density at radius 3 is 2.91 bits per heavy atom. The Morgan fingerprint density at radius 1 is 1.43 bits per heavy atom. The number of hydrogen-bond acceptors (Lipinski definition) is 2. The van der Waals surface area contributed by atoms with E-state index >= 15 is 0 Å². The van der Waals surface area contributed by atoms with Crippen molar-refractivity contribution in [3.8, 4) is 0 Å². The third kappa shape index (κ3) is 3.21. The lowest BCUT2D eigenvalue weighted by Gasteiger charge is -2.27. The van der Waals surface area contributed by atoms with Crippen LogP contribution in [0.3, 0.4) is 0 Å². The lowest BCUT2D eigenvalue weighted by Crippen LogP contribution is -2.37. The van der Waals surface area contributed by atoms with Gasteiger partial charge in [0.15, 0.2) is 0 Å². The maximum atomic E-state index is 14.0. The van der Waals surface area contributed by atoms with Crippen LogP contribution in [0.15, 0.2) is 18.2 Å². The lowest BCUT2D eigenvalue weighted by molar-refractivity contribution is -0.129. The van der Waals surface area contributed by atoms with E-state index in [4.69, 9.17) is 23.2 Å². The quantitative estimate of drug-likeness (QED) is 0.793. The van der Waals surface area contributed by atoms with Crippen molar-refractivity contribution in [2.45, 2.75) is 26.4 Å². The van der Waals surface area contributed by atoms with Crippen molar-refractivity contribution in [2.24, 2.45) is 0 Å². The second-order valence-corrected chi connectivity index (χ2v) is 6.31. The highest BCUT2D eigenvalue weighted by Crippen LogP contribution is 2.24. The summed E-state index contributed by atoms with van der Waals surface area (Å²) >= 11 is 11.4. The molecular weight excluding hydrogens is 340 g/mol. The second kappa shape index (κ2) is 6.49. The van der Waals surface area contributed by atoms with E-state index in [1.807, 2.05) is 6.92 Å². The first-order valence-corrected chi connectivity index (χ1v) is 8.23. The summed E-state index contributed by atoms with van der Waals surface area (Å²) < 4.78 is 15.8. The van der Waals surface area contributed by atoms with Crippen LogP contribution in [0.2, 0.25) is 5.02 Å². The molecule has 1 amide bonds. The molecule has 7 heteroatoms. The van der Waals surface area contributed by atoms with Gasteiger partial charge in [-0.15, -0.1) is 11.6 Å². The Morgan fingerprint density at radius 2 is 2.22 bits per heavy atom. The maximum Gasteiger partial charge on any atom is 0.237 e. The number of hydrogen-bond donors (Lipinski definition) is 0. The molecule has 122 valence electrons. The predicted molar refractivity (Wildman–Crippen MR) is 87.3 cm³/mol. The molecule has 23 heavy (non-hydrogen) atoms. The third-order valence-corrected chi connectivity index (χ3v) is 4.61. The van der Waals surface area contributed by atoms with E-state index in [0.717, 1.165) is 23.4 Å². The Labute approximate surface area is 143 Å². The molecule has 3 rings (SSSR count). The number of alkyl halides is 1. The SMILES string of the molecule is Cc1nn(Cc2ccc(Cl)cc2F)c2c1CCN(C(=O)CCl)C2. The molecular formula is C16H16Cl2FN3O. The van der Waals surface area contributed by atoms with Crippen LogP contribution >= 0.6 is 23.2 Å². The van der Waals surface area contributed by atoms with Gasteiger partial charge >= 0.3 is 0 Å². The highest BCUT2D eigenvalue weighted by atomic mass is 35.5. The van der Waals surface area contributed by atoms with Gasteiger partial charge in [-0.05, 0) is 31.0 Å². The van der Waals surface area contributed by atoms with Crippen molar-refractivity contribution in [1.82, 2.24) is 14.7 Å². The molecule has 1 aromatic heterocycles. The fourth-order valence-corrected chi connectivity index (χ4v) is 3.24. The summed E-state index contributed by atoms with van der Waals surface area (Å²) in [7, 11) is 0. The molecule has 0 bridgehead atoms. The van der Waals surface area contributed by atoms with E-state index in [1.54, 1.807) is 21.7 Å². The van der Waals surface area contributed by atoms with Crippen LogP contribution < -0.4 is 0 Å². The van der Waals surface area contributed by atoms with E-state index in [-0.39, 0.29) is 17.6 Å². The molecule has 0 radical (unpaired) electrons. The molecule has 0 N–H and O–H groups in total. The molecule has 2 heterocycles. The van der Waals surface area contributed by atoms with E-state index in [9.17, 15) is 9.18 Å². The maximum absolute atomic E-state index is 14.0. The lowest BCUT2D eigenvalue weighted by atomic mass is 10.0. The van der Waals surface area contributed by atoms with Gasteiger partial charge in [0.2, 0.25) is 5.91 Å². The summed E-state index contributed by atoms with van der Waals surface area (Å²) in [5.74, 6) is -0.488. The van der Waals surface area contributed by atoms with Crippen LogP contribution in [0.4, 0.5) is 4.39 Å². The van der Waals surface area contributed by atoms with Gasteiger partial charge in [-0.2, -0.15) is 5.10 Å². The zero-order valence-electron chi connectivity index (χ0n) is 12.7. The van der Waals surface area contributed by atoms with Crippen molar-refractivity contribution in [3.05, 3.63) is 51.6 Å². The minimum atomic E-state index is -0.357. The number of aromatic nitrogens is 2. The summed E-state index contributed by atoms with van der Waals surface area (Å²) in [5.41, 5.74) is 3.52. The Balaban J connectivity index is 1.91. The summed E-state index contributed by atoms with van der Waals surface area (Å²) in [6, 6.07) is 4.61. The molecule has 0 saturated heterocycles. The first-order valence-electron chi connectivity index (χ1n) is 7.32. The molecule has 0 saturated carbocycles. The average Bonchev–Trinajstić information content (AvgIpc) is 2.85. The number of fused-ring (bicyclic) bond motifs is 1. The Kier molecular flexibility index (Phi) is 4.60. The molecule has 0 fully saturated rings. The highest BCUT2D eigenvalue weighted by Gasteiger charge is 2.26. The van der Waals surface area contributed by atoms with Gasteiger partial charge in [-0.3, -0.25) is 9.48 Å². The molecule has 0 spiro atoms. The van der Waals surface area contributed by atoms with Crippen LogP contribution in [0.1, 0.15) is 22.5 Å². The predicted octanol–water partition coefficient (Wildman–Crippen LogP) is 3.16. The number of carbonyl (C=O) groups excluding carboxylic acids is 1. The topological polar surface area (TPSA) is 38.1 Å². The number of nitrogens with zero attached hydrogens (tertiary/aromatic N) is 3. The van der Waals surface area contributed by atoms with Crippen LogP contribution in [0.5, 0.6) is 0 Å². The van der Waals surface area contributed by atoms with Gasteiger partial charge < -0.3 is 4.90 Å². The van der Waals surface area contributed by atoms with Crippen molar-refractivity contribution >= 4 is 29.1 Å². The zero-order valence-corrected chi connectivity index (χ0v) is 14.2. The fourth-order valence-electron chi connectivity index (χ4n) is 2.91. The number of halogens is 3. The van der Waals surface area contributed by atoms with Crippen molar-refractivity contribution in [2.75, 3.05) is 12.4 Å². The summed E-state index contributed by atoms with van der Waals surface area (Å²) in [6.07, 6.45) is 0.743. The largest absolute Gasteiger partial charge is 0.335 e. The van der Waals surface area contributed by atoms with Crippen molar-refractivity contribution < 1.29 is 9.18 Å². The van der Waals surface area contributed by atoms with E-state index in [1.165, 1.54) is 6.07 Å². The Bertz CT molecular complexity index is 760. The minimum absolute atomic E-state index is 0.0335. The highest BCUT2D eigenvalue weighted by molar-refractivity contribution is 6.30. The van der Waals surface area contributed by atoms with Gasteiger partial charge in [0.1, 0.15) is 11.7 Å². The molecule has 1 aromatic carbocycles. The van der Waals surface area contributed by atoms with Gasteiger partial charge in [0, 0.05) is 17.1 Å². The van der Waals surface area contributed by atoms with E-state index in [2.05, 4.69) is 5.10 Å². The summed E-state index contributed by atoms with van der Waals surface area (Å²) in [4.78, 5) is 13.5. The Hall–Kier alpha value is -1.59. The van der Waals surface area contributed by atoms with Gasteiger partial charge in [0.05, 0.1) is 24.5 Å². The molecule has 1 aliphatic rings. The monoisotopic (exact) mass is 355 g/mol. The molecule has 2 aromatic rings. The summed E-state index contributed by atoms with van der Waals surface area (Å²) in [6.45, 7) is 3.34. The van der Waals surface area contributed by atoms with Crippen LogP contribution in [0.25, 0.3) is 0 Å². The molecule has 0 atom stereocenters. The smallest absolute Gasteiger partial charge is 0.237 e. The van der Waals surface area contributed by atoms with E-state index < -0.39 is 0 Å². The van der Waals surface area contributed by atoms with Gasteiger partial charge in [-0.25, -0.2) is 4.39 Å². The van der Waals surface area contributed by atoms with Gasteiger partial charge in [0.25, 0.3) is 0 Å². The number of rotatable bonds is 3. The zero-order chi connectivity index (χ0) is 16.6. The summed E-state index contributed by atoms with van der Waals surface area (Å²) in [5, 5.41) is 4.88. The standard InChI is InChI=1S/C16H16Cl2FN3O/c1-10-13-4-5-21(16(23)7-17)9-15(13)22(20-10)8-11-2-3-12(18)6-14(11)19/h2-3,6H,4-5,7-9H2,1H3.